The molecule has 1 amide bonds. The maximum atomic E-state index is 12.1. The van der Waals surface area contributed by atoms with E-state index in [0.717, 1.165) is 34.9 Å². The second-order valence-electron chi connectivity index (χ2n) is 4.22. The number of halogens is 1. The van der Waals surface area contributed by atoms with Crippen molar-refractivity contribution in [1.29, 1.82) is 0 Å². The van der Waals surface area contributed by atoms with Crippen LogP contribution in [0.5, 0.6) is 0 Å². The van der Waals surface area contributed by atoms with Crippen molar-refractivity contribution in [3.05, 3.63) is 27.8 Å². The highest BCUT2D eigenvalue weighted by atomic mass is 127. The van der Waals surface area contributed by atoms with Gasteiger partial charge < -0.3 is 5.32 Å². The molecule has 1 N–H and O–H groups in total. The largest absolute Gasteiger partial charge is 0.325 e. The number of nitrogens with one attached hydrogen (secondary N) is 1. The van der Waals surface area contributed by atoms with E-state index >= 15 is 0 Å². The molecular weight excluding hydrogens is 325 g/mol. The molecule has 1 rings (SSSR count). The summed E-state index contributed by atoms with van der Waals surface area (Å²) in [6, 6.07) is 7.88. The van der Waals surface area contributed by atoms with Crippen LogP contribution in [0.3, 0.4) is 0 Å². The Bertz CT molecular complexity index is 365. The van der Waals surface area contributed by atoms with Gasteiger partial charge in [0.25, 0.3) is 0 Å². The molecule has 0 aliphatic carbocycles. The topological polar surface area (TPSA) is 29.1 Å². The maximum Gasteiger partial charge on any atom is 0.227 e. The van der Waals surface area contributed by atoms with E-state index in [-0.39, 0.29) is 11.8 Å². The summed E-state index contributed by atoms with van der Waals surface area (Å²) in [6.45, 7) is 4.24. The Morgan fingerprint density at radius 1 is 1.35 bits per heavy atom. The molecule has 0 aliphatic rings. The van der Waals surface area contributed by atoms with E-state index in [1.165, 1.54) is 0 Å². The summed E-state index contributed by atoms with van der Waals surface area (Å²) in [5, 5.41) is 3.02. The molecule has 0 heterocycles. The van der Waals surface area contributed by atoms with Gasteiger partial charge in [-0.25, -0.2) is 0 Å². The third-order valence-electron chi connectivity index (χ3n) is 2.90. The predicted octanol–water partition coefficient (Wildman–Crippen LogP) is 4.45. The number of amides is 1. The van der Waals surface area contributed by atoms with Crippen LogP contribution in [0.25, 0.3) is 0 Å². The molecule has 1 atom stereocenters. The van der Waals surface area contributed by atoms with Crippen molar-refractivity contribution < 1.29 is 4.79 Å². The fourth-order valence-corrected chi connectivity index (χ4v) is 2.29. The van der Waals surface area contributed by atoms with Crippen LogP contribution in [0.1, 0.15) is 39.5 Å². The van der Waals surface area contributed by atoms with Gasteiger partial charge in [0, 0.05) is 9.49 Å². The normalized spacial score (nSPS) is 12.2. The number of benzene rings is 1. The van der Waals surface area contributed by atoms with E-state index in [1.807, 2.05) is 24.3 Å². The van der Waals surface area contributed by atoms with Crippen molar-refractivity contribution in [2.24, 2.45) is 5.92 Å². The monoisotopic (exact) mass is 345 g/mol. The molecule has 0 saturated carbocycles. The van der Waals surface area contributed by atoms with Crippen molar-refractivity contribution in [2.45, 2.75) is 39.5 Å². The molecule has 1 unspecified atom stereocenters. The second kappa shape index (κ2) is 7.69. The first-order valence-corrected chi connectivity index (χ1v) is 7.32. The lowest BCUT2D eigenvalue weighted by atomic mass is 9.98. The van der Waals surface area contributed by atoms with Crippen LogP contribution < -0.4 is 5.32 Å². The lowest BCUT2D eigenvalue weighted by Crippen LogP contribution is -2.22. The van der Waals surface area contributed by atoms with Gasteiger partial charge in [-0.3, -0.25) is 4.79 Å². The Morgan fingerprint density at radius 3 is 2.65 bits per heavy atom. The molecule has 0 spiro atoms. The summed E-state index contributed by atoms with van der Waals surface area (Å²) in [5.41, 5.74) is 0.924. The molecule has 1 aromatic rings. The molecule has 0 aromatic heterocycles. The minimum Gasteiger partial charge on any atom is -0.325 e. The van der Waals surface area contributed by atoms with Crippen LogP contribution in [0.15, 0.2) is 24.3 Å². The average molecular weight is 345 g/mol. The van der Waals surface area contributed by atoms with E-state index < -0.39 is 0 Å². The van der Waals surface area contributed by atoms with Gasteiger partial charge in [0.05, 0.1) is 5.69 Å². The van der Waals surface area contributed by atoms with Gasteiger partial charge >= 0.3 is 0 Å². The Labute approximate surface area is 117 Å². The molecule has 94 valence electrons. The first-order chi connectivity index (χ1) is 8.19. The summed E-state index contributed by atoms with van der Waals surface area (Å²) in [4.78, 5) is 12.1. The summed E-state index contributed by atoms with van der Waals surface area (Å²) in [6.07, 6.45) is 4.17. The van der Waals surface area contributed by atoms with E-state index in [1.54, 1.807) is 0 Å². The Kier molecular flexibility index (Phi) is 6.55. The van der Waals surface area contributed by atoms with Gasteiger partial charge in [0.2, 0.25) is 5.91 Å². The second-order valence-corrected chi connectivity index (χ2v) is 5.38. The van der Waals surface area contributed by atoms with E-state index in [2.05, 4.69) is 41.8 Å². The maximum absolute atomic E-state index is 12.1. The quantitative estimate of drug-likeness (QED) is 0.759. The average Bonchev–Trinajstić information content (AvgIpc) is 2.33. The van der Waals surface area contributed by atoms with Gasteiger partial charge in [-0.05, 0) is 47.6 Å². The molecule has 0 aliphatic heterocycles. The Balaban J connectivity index is 2.61. The van der Waals surface area contributed by atoms with E-state index in [0.29, 0.717) is 0 Å². The van der Waals surface area contributed by atoms with Gasteiger partial charge in [-0.15, -0.1) is 0 Å². The first kappa shape index (κ1) is 14.5. The summed E-state index contributed by atoms with van der Waals surface area (Å²) in [5.74, 6) is 0.302. The highest BCUT2D eigenvalue weighted by Crippen LogP contribution is 2.20. The zero-order valence-corrected chi connectivity index (χ0v) is 12.7. The third-order valence-corrected chi connectivity index (χ3v) is 3.84. The standard InChI is InChI=1S/C14H20INO/c1-3-5-8-11(4-2)14(17)16-13-10-7-6-9-12(13)15/h6-7,9-11H,3-5,8H2,1-2H3,(H,16,17). The van der Waals surface area contributed by atoms with Crippen LogP contribution in [-0.2, 0) is 4.79 Å². The molecular formula is C14H20INO. The number of para-hydroxylation sites is 1. The SMILES string of the molecule is CCCCC(CC)C(=O)Nc1ccccc1I. The summed E-state index contributed by atoms with van der Waals surface area (Å²) >= 11 is 2.24. The third kappa shape index (κ3) is 4.66. The molecule has 0 bridgehead atoms. The number of unbranched alkanes of at least 4 members (excludes halogenated alkanes) is 1. The van der Waals surface area contributed by atoms with Crippen molar-refractivity contribution in [3.8, 4) is 0 Å². The molecule has 3 heteroatoms. The number of rotatable bonds is 6. The molecule has 0 saturated heterocycles. The van der Waals surface area contributed by atoms with Gasteiger partial charge in [-0.1, -0.05) is 38.8 Å². The minimum atomic E-state index is 0.144. The number of anilines is 1. The summed E-state index contributed by atoms with van der Waals surface area (Å²) in [7, 11) is 0. The lowest BCUT2D eigenvalue weighted by molar-refractivity contribution is -0.120. The fourth-order valence-electron chi connectivity index (χ4n) is 1.77. The zero-order chi connectivity index (χ0) is 12.7. The zero-order valence-electron chi connectivity index (χ0n) is 10.5. The molecule has 0 radical (unpaired) electrons. The van der Waals surface area contributed by atoms with Crippen LogP contribution in [0.4, 0.5) is 5.69 Å². The Hall–Kier alpha value is -0.580. The minimum absolute atomic E-state index is 0.144. The van der Waals surface area contributed by atoms with Crippen LogP contribution in [0, 0.1) is 9.49 Å². The van der Waals surface area contributed by atoms with Crippen LogP contribution in [0.2, 0.25) is 0 Å². The molecule has 1 aromatic carbocycles. The van der Waals surface area contributed by atoms with Crippen LogP contribution in [-0.4, -0.2) is 5.91 Å². The number of carbonyl (C=O) groups excluding carboxylic acids is 1. The number of hydrogen-bond acceptors (Lipinski definition) is 1. The number of hydrogen-bond donors (Lipinski definition) is 1. The first-order valence-electron chi connectivity index (χ1n) is 6.24. The molecule has 2 nitrogen and oxygen atoms in total. The number of carbonyl (C=O) groups is 1. The molecule has 0 fully saturated rings. The van der Waals surface area contributed by atoms with Crippen molar-refractivity contribution in [2.75, 3.05) is 5.32 Å². The fraction of sp³-hybridized carbons (Fsp3) is 0.500. The van der Waals surface area contributed by atoms with Gasteiger partial charge in [0.15, 0.2) is 0 Å². The predicted molar refractivity (Wildman–Crippen MR) is 81.1 cm³/mol. The van der Waals surface area contributed by atoms with Gasteiger partial charge in [0.1, 0.15) is 0 Å². The smallest absolute Gasteiger partial charge is 0.227 e. The summed E-state index contributed by atoms with van der Waals surface area (Å²) < 4.78 is 1.09. The molecule has 17 heavy (non-hydrogen) atoms. The Morgan fingerprint density at radius 2 is 2.06 bits per heavy atom. The highest BCUT2D eigenvalue weighted by Gasteiger charge is 2.16. The van der Waals surface area contributed by atoms with E-state index in [4.69, 9.17) is 0 Å². The van der Waals surface area contributed by atoms with Crippen LogP contribution >= 0.6 is 22.6 Å². The van der Waals surface area contributed by atoms with Crippen molar-refractivity contribution in [3.63, 3.8) is 0 Å². The van der Waals surface area contributed by atoms with E-state index in [9.17, 15) is 4.79 Å². The van der Waals surface area contributed by atoms with Crippen molar-refractivity contribution in [1.82, 2.24) is 0 Å². The highest BCUT2D eigenvalue weighted by molar-refractivity contribution is 14.1. The van der Waals surface area contributed by atoms with Gasteiger partial charge in [-0.2, -0.15) is 0 Å². The van der Waals surface area contributed by atoms with Crippen molar-refractivity contribution >= 4 is 34.2 Å². The lowest BCUT2D eigenvalue weighted by Gasteiger charge is -2.15.